The number of aromatic nitrogens is 1. The normalized spacial score (nSPS) is 19.8. The number of fused-ring (bicyclic) bond motifs is 1. The van der Waals surface area contributed by atoms with Crippen LogP contribution < -0.4 is 5.32 Å². The summed E-state index contributed by atoms with van der Waals surface area (Å²) < 4.78 is 0. The van der Waals surface area contributed by atoms with Gasteiger partial charge < -0.3 is 5.32 Å². The second-order valence-electron chi connectivity index (χ2n) is 5.84. The van der Waals surface area contributed by atoms with Gasteiger partial charge in [0.15, 0.2) is 0 Å². The van der Waals surface area contributed by atoms with Crippen LogP contribution in [0.4, 0.5) is 0 Å². The van der Waals surface area contributed by atoms with Gasteiger partial charge in [-0.1, -0.05) is 30.9 Å². The predicted molar refractivity (Wildman–Crippen MR) is 89.9 cm³/mol. The molecule has 1 N–H and O–H groups in total. The summed E-state index contributed by atoms with van der Waals surface area (Å²) >= 11 is 8.01. The summed E-state index contributed by atoms with van der Waals surface area (Å²) in [6, 6.07) is 2.05. The molecule has 3 heterocycles. The van der Waals surface area contributed by atoms with E-state index in [2.05, 4.69) is 15.3 Å². The summed E-state index contributed by atoms with van der Waals surface area (Å²) in [6.45, 7) is 1.80. The third-order valence-electron chi connectivity index (χ3n) is 4.43. The first-order valence-corrected chi connectivity index (χ1v) is 8.89. The van der Waals surface area contributed by atoms with Crippen LogP contribution in [0.2, 0.25) is 5.02 Å². The van der Waals surface area contributed by atoms with Crippen LogP contribution in [0.3, 0.4) is 0 Å². The Labute approximate surface area is 133 Å². The molecule has 0 amide bonds. The van der Waals surface area contributed by atoms with Gasteiger partial charge in [-0.3, -0.25) is 4.99 Å². The minimum Gasteiger partial charge on any atom is -0.368 e. The number of hydrogen-bond acceptors (Lipinski definition) is 4. The van der Waals surface area contributed by atoms with Crippen molar-refractivity contribution in [2.75, 3.05) is 13.1 Å². The van der Waals surface area contributed by atoms with Gasteiger partial charge in [0.1, 0.15) is 10.7 Å². The molecular formula is C16H18ClN3S. The quantitative estimate of drug-likeness (QED) is 0.893. The number of aliphatic imine (C=N–C) groups is 1. The summed E-state index contributed by atoms with van der Waals surface area (Å²) in [6.07, 6.45) is 8.39. The predicted octanol–water partition coefficient (Wildman–Crippen LogP) is 4.35. The molecule has 2 aromatic heterocycles. The van der Waals surface area contributed by atoms with E-state index in [1.54, 1.807) is 6.20 Å². The molecule has 0 aromatic carbocycles. The molecule has 0 radical (unpaired) electrons. The molecule has 110 valence electrons. The third-order valence-corrected chi connectivity index (χ3v) is 5.91. The third kappa shape index (κ3) is 2.44. The van der Waals surface area contributed by atoms with Gasteiger partial charge in [-0.2, -0.15) is 0 Å². The number of pyridine rings is 1. The van der Waals surface area contributed by atoms with Gasteiger partial charge in [-0.15, -0.1) is 11.3 Å². The topological polar surface area (TPSA) is 37.3 Å². The van der Waals surface area contributed by atoms with Gasteiger partial charge in [0.2, 0.25) is 0 Å². The first-order valence-electron chi connectivity index (χ1n) is 7.69. The van der Waals surface area contributed by atoms with Gasteiger partial charge in [0.25, 0.3) is 0 Å². The lowest BCUT2D eigenvalue weighted by Crippen LogP contribution is -2.21. The largest absolute Gasteiger partial charge is 0.368 e. The molecule has 0 unspecified atom stereocenters. The van der Waals surface area contributed by atoms with E-state index in [1.807, 2.05) is 17.4 Å². The molecule has 1 aliphatic carbocycles. The number of nitrogens with zero attached hydrogens (tertiary/aromatic N) is 2. The Balaban J connectivity index is 1.89. The standard InChI is InChI=1S/C16H18ClN3S/c17-11-8-12-13(15-18-6-7-19-15)14(21-16(12)20-9-11)10-4-2-1-3-5-10/h8-10H,1-7H2,(H,18,19). The Kier molecular flexibility index (Phi) is 3.59. The van der Waals surface area contributed by atoms with Gasteiger partial charge in [0, 0.05) is 28.6 Å². The van der Waals surface area contributed by atoms with E-state index < -0.39 is 0 Å². The SMILES string of the molecule is Clc1cnc2sc(C3CCCCC3)c(C3=NCCN3)c2c1. The van der Waals surface area contributed by atoms with E-state index in [1.165, 1.54) is 47.9 Å². The maximum atomic E-state index is 6.17. The number of halogens is 1. The second kappa shape index (κ2) is 5.58. The van der Waals surface area contributed by atoms with Crippen molar-refractivity contribution >= 4 is 39.0 Å². The van der Waals surface area contributed by atoms with Crippen molar-refractivity contribution in [1.82, 2.24) is 10.3 Å². The Morgan fingerprint density at radius 2 is 2.10 bits per heavy atom. The highest BCUT2D eigenvalue weighted by atomic mass is 35.5. The van der Waals surface area contributed by atoms with Gasteiger partial charge >= 0.3 is 0 Å². The summed E-state index contributed by atoms with van der Waals surface area (Å²) in [7, 11) is 0. The number of amidine groups is 1. The molecular weight excluding hydrogens is 302 g/mol. The minimum absolute atomic E-state index is 0.664. The average molecular weight is 320 g/mol. The molecule has 1 fully saturated rings. The Morgan fingerprint density at radius 1 is 1.24 bits per heavy atom. The van der Waals surface area contributed by atoms with Crippen molar-refractivity contribution in [1.29, 1.82) is 0 Å². The van der Waals surface area contributed by atoms with E-state index in [-0.39, 0.29) is 0 Å². The highest BCUT2D eigenvalue weighted by molar-refractivity contribution is 7.19. The minimum atomic E-state index is 0.664. The molecule has 0 atom stereocenters. The summed E-state index contributed by atoms with van der Waals surface area (Å²) in [5, 5.41) is 5.31. The van der Waals surface area contributed by atoms with E-state index in [0.29, 0.717) is 10.9 Å². The fourth-order valence-electron chi connectivity index (χ4n) is 3.44. The number of hydrogen-bond donors (Lipinski definition) is 1. The van der Waals surface area contributed by atoms with Crippen LogP contribution in [0, 0.1) is 0 Å². The Morgan fingerprint density at radius 3 is 2.86 bits per heavy atom. The molecule has 0 spiro atoms. The summed E-state index contributed by atoms with van der Waals surface area (Å²) in [5.74, 6) is 1.71. The van der Waals surface area contributed by atoms with Gasteiger partial charge in [0.05, 0.1) is 11.6 Å². The zero-order valence-corrected chi connectivity index (χ0v) is 13.4. The monoisotopic (exact) mass is 319 g/mol. The van der Waals surface area contributed by atoms with Gasteiger partial charge in [-0.05, 0) is 24.8 Å². The maximum absolute atomic E-state index is 6.17. The summed E-state index contributed by atoms with van der Waals surface area (Å²) in [5.41, 5.74) is 1.27. The maximum Gasteiger partial charge on any atom is 0.130 e. The fourth-order valence-corrected chi connectivity index (χ4v) is 4.89. The van der Waals surface area contributed by atoms with E-state index in [9.17, 15) is 0 Å². The lowest BCUT2D eigenvalue weighted by atomic mass is 9.86. The van der Waals surface area contributed by atoms with Crippen molar-refractivity contribution in [2.24, 2.45) is 4.99 Å². The smallest absolute Gasteiger partial charge is 0.130 e. The molecule has 0 saturated heterocycles. The second-order valence-corrected chi connectivity index (χ2v) is 7.31. The van der Waals surface area contributed by atoms with Crippen LogP contribution in [0.25, 0.3) is 10.2 Å². The molecule has 1 aliphatic heterocycles. The molecule has 21 heavy (non-hydrogen) atoms. The Bertz CT molecular complexity index is 701. The lowest BCUT2D eigenvalue weighted by molar-refractivity contribution is 0.448. The van der Waals surface area contributed by atoms with Crippen molar-refractivity contribution < 1.29 is 0 Å². The zero-order chi connectivity index (χ0) is 14.2. The number of thiophene rings is 1. The van der Waals surface area contributed by atoms with Gasteiger partial charge in [-0.25, -0.2) is 4.98 Å². The van der Waals surface area contributed by atoms with Crippen molar-refractivity contribution in [3.63, 3.8) is 0 Å². The van der Waals surface area contributed by atoms with Crippen LogP contribution in [-0.2, 0) is 0 Å². The van der Waals surface area contributed by atoms with Crippen molar-refractivity contribution in [3.05, 3.63) is 27.7 Å². The molecule has 3 nitrogen and oxygen atoms in total. The van der Waals surface area contributed by atoms with Crippen LogP contribution in [-0.4, -0.2) is 23.9 Å². The molecule has 0 bridgehead atoms. The number of rotatable bonds is 2. The zero-order valence-electron chi connectivity index (χ0n) is 11.9. The summed E-state index contributed by atoms with van der Waals surface area (Å²) in [4.78, 5) is 11.7. The van der Waals surface area contributed by atoms with E-state index >= 15 is 0 Å². The van der Waals surface area contributed by atoms with Crippen LogP contribution in [0.1, 0.15) is 48.5 Å². The average Bonchev–Trinajstić information content (AvgIpc) is 3.14. The van der Waals surface area contributed by atoms with Crippen LogP contribution >= 0.6 is 22.9 Å². The van der Waals surface area contributed by atoms with Crippen molar-refractivity contribution in [2.45, 2.75) is 38.0 Å². The fraction of sp³-hybridized carbons (Fsp3) is 0.500. The van der Waals surface area contributed by atoms with Crippen molar-refractivity contribution in [3.8, 4) is 0 Å². The first-order chi connectivity index (χ1) is 10.3. The first kappa shape index (κ1) is 13.5. The molecule has 1 saturated carbocycles. The highest BCUT2D eigenvalue weighted by Gasteiger charge is 2.26. The van der Waals surface area contributed by atoms with E-state index in [4.69, 9.17) is 11.6 Å². The van der Waals surface area contributed by atoms with Crippen LogP contribution in [0.5, 0.6) is 0 Å². The lowest BCUT2D eigenvalue weighted by Gasteiger charge is -2.21. The Hall–Kier alpha value is -1.13. The molecule has 5 heteroatoms. The highest BCUT2D eigenvalue weighted by Crippen LogP contribution is 2.42. The molecule has 4 rings (SSSR count). The number of nitrogens with one attached hydrogen (secondary N) is 1. The molecule has 2 aromatic rings. The molecule has 2 aliphatic rings. The van der Waals surface area contributed by atoms with Crippen LogP contribution in [0.15, 0.2) is 17.3 Å². The van der Waals surface area contributed by atoms with E-state index in [0.717, 1.165) is 23.8 Å².